The van der Waals surface area contributed by atoms with Crippen LogP contribution in [0.2, 0.25) is 5.02 Å². The summed E-state index contributed by atoms with van der Waals surface area (Å²) in [6, 6.07) is 9.03. The van der Waals surface area contributed by atoms with Crippen LogP contribution in [0, 0.1) is 0 Å². The molecule has 1 heterocycles. The Labute approximate surface area is 205 Å². The van der Waals surface area contributed by atoms with Crippen molar-refractivity contribution >= 4 is 38.7 Å². The fourth-order valence-electron chi connectivity index (χ4n) is 3.09. The van der Waals surface area contributed by atoms with Gasteiger partial charge in [-0.15, -0.1) is 11.3 Å². The molecule has 3 aromatic rings. The first-order chi connectivity index (χ1) is 16.2. The average Bonchev–Trinajstić information content (AvgIpc) is 3.28. The van der Waals surface area contributed by atoms with Gasteiger partial charge in [-0.05, 0) is 53.9 Å². The van der Waals surface area contributed by atoms with E-state index in [0.717, 1.165) is 4.90 Å². The Bertz CT molecular complexity index is 1260. The Balaban J connectivity index is 1.96. The summed E-state index contributed by atoms with van der Waals surface area (Å²) < 4.78 is 105. The molecular weight excluding hydrogens is 540 g/mol. The molecule has 0 fully saturated rings. The number of alkyl halides is 6. The van der Waals surface area contributed by atoms with Gasteiger partial charge in [-0.3, -0.25) is 4.79 Å². The molecule has 1 aromatic heterocycles. The third-order valence-corrected chi connectivity index (χ3v) is 7.67. The number of thiophene rings is 1. The molecule has 0 N–H and O–H groups in total. The molecule has 0 unspecified atom stereocenters. The fraction of sp³-hybridized carbons (Fsp3) is 0.227. The van der Waals surface area contributed by atoms with Gasteiger partial charge in [-0.1, -0.05) is 17.7 Å². The van der Waals surface area contributed by atoms with Gasteiger partial charge in [0.15, 0.2) is 9.84 Å². The first-order valence-corrected chi connectivity index (χ1v) is 12.7. The molecule has 0 bridgehead atoms. The minimum atomic E-state index is -5.13. The number of halogens is 7. The Morgan fingerprint density at radius 1 is 0.914 bits per heavy atom. The second kappa shape index (κ2) is 10.2. The third kappa shape index (κ3) is 6.98. The standard InChI is InChI=1S/C22H16ClF6NO3S2/c23-17-3-5-19(6-4-17)35(32,33)9-7-30(13-18-2-1-8-34-18)20(31)14-10-15(21(24,25)26)12-16(11-14)22(27,28)29/h1-6,8,10-12H,7,9,13H2. The molecule has 13 heteroatoms. The van der Waals surface area contributed by atoms with Crippen LogP contribution in [-0.2, 0) is 28.7 Å². The molecule has 3 rings (SSSR count). The monoisotopic (exact) mass is 555 g/mol. The normalized spacial score (nSPS) is 12.5. The molecule has 0 radical (unpaired) electrons. The maximum absolute atomic E-state index is 13.2. The van der Waals surface area contributed by atoms with Crippen molar-refractivity contribution in [1.29, 1.82) is 0 Å². The van der Waals surface area contributed by atoms with Gasteiger partial charge in [0.05, 0.1) is 28.3 Å². The lowest BCUT2D eigenvalue weighted by Gasteiger charge is -2.23. The van der Waals surface area contributed by atoms with Gasteiger partial charge in [0.2, 0.25) is 0 Å². The topological polar surface area (TPSA) is 54.5 Å². The molecule has 1 amide bonds. The van der Waals surface area contributed by atoms with Crippen LogP contribution in [-0.4, -0.2) is 31.5 Å². The molecule has 2 aromatic carbocycles. The lowest BCUT2D eigenvalue weighted by molar-refractivity contribution is -0.143. The minimum Gasteiger partial charge on any atom is -0.332 e. The van der Waals surface area contributed by atoms with Crippen LogP contribution in [0.3, 0.4) is 0 Å². The molecule has 0 saturated carbocycles. The van der Waals surface area contributed by atoms with Crippen molar-refractivity contribution < 1.29 is 39.6 Å². The van der Waals surface area contributed by atoms with E-state index in [4.69, 9.17) is 11.6 Å². The summed E-state index contributed by atoms with van der Waals surface area (Å²) in [4.78, 5) is 14.5. The van der Waals surface area contributed by atoms with E-state index < -0.39 is 57.1 Å². The van der Waals surface area contributed by atoms with Crippen molar-refractivity contribution in [1.82, 2.24) is 4.90 Å². The van der Waals surface area contributed by atoms with Gasteiger partial charge in [0.25, 0.3) is 5.91 Å². The highest BCUT2D eigenvalue weighted by atomic mass is 35.5. The largest absolute Gasteiger partial charge is 0.416 e. The van der Waals surface area contributed by atoms with Crippen LogP contribution < -0.4 is 0 Å². The lowest BCUT2D eigenvalue weighted by Crippen LogP contribution is -2.35. The van der Waals surface area contributed by atoms with Gasteiger partial charge in [-0.2, -0.15) is 26.3 Å². The van der Waals surface area contributed by atoms with E-state index in [0.29, 0.717) is 22.0 Å². The molecular formula is C22H16ClF6NO3S2. The molecule has 0 aliphatic carbocycles. The maximum Gasteiger partial charge on any atom is 0.416 e. The van der Waals surface area contributed by atoms with Crippen molar-refractivity contribution in [3.63, 3.8) is 0 Å². The van der Waals surface area contributed by atoms with Crippen LogP contribution >= 0.6 is 22.9 Å². The van der Waals surface area contributed by atoms with Gasteiger partial charge >= 0.3 is 12.4 Å². The predicted octanol–water partition coefficient (Wildman–Crippen LogP) is 6.56. The zero-order valence-electron chi connectivity index (χ0n) is 17.5. The molecule has 0 atom stereocenters. The number of carbonyl (C=O) groups excluding carboxylic acids is 1. The van der Waals surface area contributed by atoms with E-state index in [9.17, 15) is 39.6 Å². The number of nitrogens with zero attached hydrogens (tertiary/aromatic N) is 1. The van der Waals surface area contributed by atoms with Crippen molar-refractivity contribution in [2.75, 3.05) is 12.3 Å². The van der Waals surface area contributed by atoms with E-state index in [1.807, 2.05) is 0 Å². The molecule has 0 aliphatic heterocycles. The molecule has 0 aliphatic rings. The smallest absolute Gasteiger partial charge is 0.332 e. The molecule has 35 heavy (non-hydrogen) atoms. The molecule has 0 spiro atoms. The fourth-order valence-corrected chi connectivity index (χ4v) is 5.19. The zero-order chi connectivity index (χ0) is 26.0. The van der Waals surface area contributed by atoms with Crippen LogP contribution in [0.5, 0.6) is 0 Å². The van der Waals surface area contributed by atoms with Crippen LogP contribution in [0.4, 0.5) is 26.3 Å². The number of carbonyl (C=O) groups is 1. The molecule has 188 valence electrons. The average molecular weight is 556 g/mol. The summed E-state index contributed by atoms with van der Waals surface area (Å²) in [7, 11) is -3.94. The lowest BCUT2D eigenvalue weighted by atomic mass is 10.0. The van der Waals surface area contributed by atoms with E-state index in [1.165, 1.54) is 35.6 Å². The van der Waals surface area contributed by atoms with E-state index >= 15 is 0 Å². The summed E-state index contributed by atoms with van der Waals surface area (Å²) in [6.07, 6.45) is -10.3. The first-order valence-electron chi connectivity index (χ1n) is 9.76. The molecule has 0 saturated heterocycles. The summed E-state index contributed by atoms with van der Waals surface area (Å²) in [5.41, 5.74) is -4.13. The molecule has 4 nitrogen and oxygen atoms in total. The number of hydrogen-bond donors (Lipinski definition) is 0. The Morgan fingerprint density at radius 3 is 1.97 bits per heavy atom. The van der Waals surface area contributed by atoms with Crippen molar-refractivity contribution in [3.05, 3.63) is 86.6 Å². The number of benzene rings is 2. The summed E-state index contributed by atoms with van der Waals surface area (Å²) in [5.74, 6) is -1.78. The van der Waals surface area contributed by atoms with Crippen molar-refractivity contribution in [3.8, 4) is 0 Å². The van der Waals surface area contributed by atoms with Gasteiger partial charge in [0.1, 0.15) is 0 Å². The first kappa shape index (κ1) is 27.0. The highest BCUT2D eigenvalue weighted by molar-refractivity contribution is 7.91. The second-order valence-electron chi connectivity index (χ2n) is 7.37. The van der Waals surface area contributed by atoms with Gasteiger partial charge in [-0.25, -0.2) is 8.42 Å². The number of amides is 1. The minimum absolute atomic E-state index is 0.0780. The third-order valence-electron chi connectivity index (χ3n) is 4.85. The van der Waals surface area contributed by atoms with E-state index in [1.54, 1.807) is 17.5 Å². The van der Waals surface area contributed by atoms with Crippen molar-refractivity contribution in [2.24, 2.45) is 0 Å². The van der Waals surface area contributed by atoms with Gasteiger partial charge in [0, 0.05) is 22.0 Å². The highest BCUT2D eigenvalue weighted by Crippen LogP contribution is 2.36. The Kier molecular flexibility index (Phi) is 7.87. The number of rotatable bonds is 7. The van der Waals surface area contributed by atoms with Gasteiger partial charge < -0.3 is 4.90 Å². The van der Waals surface area contributed by atoms with E-state index in [-0.39, 0.29) is 17.5 Å². The summed E-state index contributed by atoms with van der Waals surface area (Å²) in [6.45, 7) is -0.677. The Morgan fingerprint density at radius 2 is 1.49 bits per heavy atom. The highest BCUT2D eigenvalue weighted by Gasteiger charge is 2.38. The van der Waals surface area contributed by atoms with Crippen LogP contribution in [0.15, 0.2) is 64.9 Å². The zero-order valence-corrected chi connectivity index (χ0v) is 19.9. The SMILES string of the molecule is O=C(c1cc(C(F)(F)F)cc(C(F)(F)F)c1)N(CCS(=O)(=O)c1ccc(Cl)cc1)Cc1cccs1. The second-order valence-corrected chi connectivity index (χ2v) is 11.0. The number of sulfone groups is 1. The maximum atomic E-state index is 13.2. The van der Waals surface area contributed by atoms with E-state index in [2.05, 4.69) is 0 Å². The summed E-state index contributed by atoms with van der Waals surface area (Å²) >= 11 is 6.95. The van der Waals surface area contributed by atoms with Crippen LogP contribution in [0.1, 0.15) is 26.4 Å². The summed E-state index contributed by atoms with van der Waals surface area (Å²) in [5, 5.41) is 1.96. The van der Waals surface area contributed by atoms with Crippen LogP contribution in [0.25, 0.3) is 0 Å². The number of hydrogen-bond acceptors (Lipinski definition) is 4. The quantitative estimate of drug-likeness (QED) is 0.310. The van der Waals surface area contributed by atoms with Crippen molar-refractivity contribution in [2.45, 2.75) is 23.8 Å². The predicted molar refractivity (Wildman–Crippen MR) is 119 cm³/mol. The Hall–Kier alpha value is -2.57.